The number of carbonyl (C=O) groups excluding carboxylic acids is 1. The zero-order valence-electron chi connectivity index (χ0n) is 10.5. The van der Waals surface area contributed by atoms with Gasteiger partial charge in [-0.25, -0.2) is 0 Å². The maximum Gasteiger partial charge on any atom is 0.182 e. The number of fused-ring (bicyclic) bond motifs is 1. The molecule has 0 saturated carbocycles. The van der Waals surface area contributed by atoms with Gasteiger partial charge in [-0.1, -0.05) is 28.1 Å². The van der Waals surface area contributed by atoms with Gasteiger partial charge in [0.25, 0.3) is 0 Å². The molecule has 3 aromatic rings. The van der Waals surface area contributed by atoms with Crippen LogP contribution >= 0.6 is 38.5 Å². The van der Waals surface area contributed by atoms with Gasteiger partial charge in [-0.2, -0.15) is 0 Å². The van der Waals surface area contributed by atoms with Crippen LogP contribution in [0.15, 0.2) is 59.2 Å². The molecular formula is C16H11BrINO. The van der Waals surface area contributed by atoms with E-state index in [1.54, 1.807) is 0 Å². The lowest BCUT2D eigenvalue weighted by atomic mass is 10.1. The maximum absolute atomic E-state index is 12.3. The Kier molecular flexibility index (Phi) is 3.94. The highest BCUT2D eigenvalue weighted by Crippen LogP contribution is 2.21. The predicted molar refractivity (Wildman–Crippen MR) is 93.1 cm³/mol. The third-order valence-electron chi connectivity index (χ3n) is 3.21. The molecule has 0 N–H and O–H groups in total. The summed E-state index contributed by atoms with van der Waals surface area (Å²) in [7, 11) is 0. The largest absolute Gasteiger partial charge is 0.340 e. The second-order valence-electron chi connectivity index (χ2n) is 4.58. The Morgan fingerprint density at radius 2 is 1.85 bits per heavy atom. The lowest BCUT2D eigenvalue weighted by molar-refractivity contribution is 0.0973. The van der Waals surface area contributed by atoms with Gasteiger partial charge in [-0.05, 0) is 59.0 Å². The molecule has 0 amide bonds. The van der Waals surface area contributed by atoms with Crippen molar-refractivity contribution >= 4 is 55.2 Å². The van der Waals surface area contributed by atoms with Gasteiger partial charge in [0.05, 0.1) is 6.54 Å². The zero-order valence-corrected chi connectivity index (χ0v) is 14.3. The molecule has 0 aliphatic rings. The van der Waals surface area contributed by atoms with Crippen molar-refractivity contribution in [3.8, 4) is 0 Å². The standard InChI is InChI=1S/C16H11BrINO/c17-13-3-6-15-12(9-13)7-8-19(15)10-16(20)11-1-4-14(18)5-2-11/h1-9H,10H2. The Balaban J connectivity index is 1.89. The zero-order chi connectivity index (χ0) is 14.1. The first kappa shape index (κ1) is 13.8. The molecule has 1 heterocycles. The summed E-state index contributed by atoms with van der Waals surface area (Å²) < 4.78 is 4.17. The van der Waals surface area contributed by atoms with Crippen molar-refractivity contribution in [3.05, 3.63) is 68.3 Å². The normalized spacial score (nSPS) is 10.9. The molecule has 1 aromatic heterocycles. The van der Waals surface area contributed by atoms with Crippen LogP contribution in [0.25, 0.3) is 10.9 Å². The fourth-order valence-electron chi connectivity index (χ4n) is 2.19. The maximum atomic E-state index is 12.3. The number of rotatable bonds is 3. The first-order chi connectivity index (χ1) is 9.63. The van der Waals surface area contributed by atoms with Crippen LogP contribution < -0.4 is 0 Å². The van der Waals surface area contributed by atoms with Gasteiger partial charge < -0.3 is 4.57 Å². The molecule has 0 atom stereocenters. The average Bonchev–Trinajstić information content (AvgIpc) is 2.81. The highest BCUT2D eigenvalue weighted by atomic mass is 127. The van der Waals surface area contributed by atoms with E-state index < -0.39 is 0 Å². The quantitative estimate of drug-likeness (QED) is 0.420. The summed E-state index contributed by atoms with van der Waals surface area (Å²) >= 11 is 5.70. The van der Waals surface area contributed by atoms with Crippen molar-refractivity contribution in [1.82, 2.24) is 4.57 Å². The van der Waals surface area contributed by atoms with Crippen LogP contribution in [0.1, 0.15) is 10.4 Å². The number of hydrogen-bond donors (Lipinski definition) is 0. The summed E-state index contributed by atoms with van der Waals surface area (Å²) in [5.74, 6) is 0.127. The summed E-state index contributed by atoms with van der Waals surface area (Å²) in [6.07, 6.45) is 1.96. The molecule has 0 radical (unpaired) electrons. The lowest BCUT2D eigenvalue weighted by Gasteiger charge is -2.05. The number of nitrogens with zero attached hydrogens (tertiary/aromatic N) is 1. The van der Waals surface area contributed by atoms with E-state index in [0.717, 1.165) is 24.5 Å². The summed E-state index contributed by atoms with van der Waals surface area (Å²) in [4.78, 5) is 12.3. The van der Waals surface area contributed by atoms with E-state index in [2.05, 4.69) is 44.6 Å². The van der Waals surface area contributed by atoms with Crippen LogP contribution in [-0.4, -0.2) is 10.4 Å². The molecule has 100 valence electrons. The number of hydrogen-bond acceptors (Lipinski definition) is 1. The van der Waals surface area contributed by atoms with E-state index in [1.165, 1.54) is 0 Å². The van der Waals surface area contributed by atoms with Crippen LogP contribution in [0, 0.1) is 3.57 Å². The number of carbonyl (C=O) groups is 1. The predicted octanol–water partition coefficient (Wildman–Crippen LogP) is 4.89. The van der Waals surface area contributed by atoms with E-state index >= 15 is 0 Å². The van der Waals surface area contributed by atoms with Crippen LogP contribution in [-0.2, 0) is 6.54 Å². The van der Waals surface area contributed by atoms with Crippen LogP contribution in [0.4, 0.5) is 0 Å². The van der Waals surface area contributed by atoms with E-state index in [9.17, 15) is 4.79 Å². The molecule has 2 nitrogen and oxygen atoms in total. The summed E-state index contributed by atoms with van der Waals surface area (Å²) in [6, 6.07) is 15.8. The van der Waals surface area contributed by atoms with Gasteiger partial charge >= 0.3 is 0 Å². The topological polar surface area (TPSA) is 22.0 Å². The number of aromatic nitrogens is 1. The number of ketones is 1. The molecule has 20 heavy (non-hydrogen) atoms. The third-order valence-corrected chi connectivity index (χ3v) is 4.43. The second-order valence-corrected chi connectivity index (χ2v) is 6.74. The molecule has 3 rings (SSSR count). The Hall–Kier alpha value is -1.14. The Morgan fingerprint density at radius 3 is 2.60 bits per heavy atom. The molecular weight excluding hydrogens is 429 g/mol. The van der Waals surface area contributed by atoms with Gasteiger partial charge in [0.1, 0.15) is 0 Å². The SMILES string of the molecule is O=C(Cn1ccc2cc(Br)ccc21)c1ccc(I)cc1. The van der Waals surface area contributed by atoms with Crippen LogP contribution in [0.5, 0.6) is 0 Å². The summed E-state index contributed by atoms with van der Waals surface area (Å²) in [5, 5.41) is 1.13. The Bertz CT molecular complexity index is 777. The first-order valence-corrected chi connectivity index (χ1v) is 8.04. The third kappa shape index (κ3) is 2.81. The minimum Gasteiger partial charge on any atom is -0.340 e. The van der Waals surface area contributed by atoms with Gasteiger partial charge in [0.2, 0.25) is 0 Å². The molecule has 0 spiro atoms. The molecule has 0 bridgehead atoms. The van der Waals surface area contributed by atoms with E-state index in [1.807, 2.05) is 53.2 Å². The number of benzene rings is 2. The molecule has 0 saturated heterocycles. The summed E-state index contributed by atoms with van der Waals surface area (Å²) in [5.41, 5.74) is 1.83. The average molecular weight is 440 g/mol. The molecule has 0 aliphatic carbocycles. The van der Waals surface area contributed by atoms with Crippen molar-refractivity contribution in [3.63, 3.8) is 0 Å². The minimum absolute atomic E-state index is 0.127. The fourth-order valence-corrected chi connectivity index (χ4v) is 2.93. The first-order valence-electron chi connectivity index (χ1n) is 6.17. The van der Waals surface area contributed by atoms with Crippen molar-refractivity contribution in [2.75, 3.05) is 0 Å². The smallest absolute Gasteiger partial charge is 0.182 e. The van der Waals surface area contributed by atoms with Gasteiger partial charge in [-0.3, -0.25) is 4.79 Å². The van der Waals surface area contributed by atoms with Crippen molar-refractivity contribution < 1.29 is 4.79 Å². The van der Waals surface area contributed by atoms with Crippen LogP contribution in [0.2, 0.25) is 0 Å². The molecule has 0 unspecified atom stereocenters. The minimum atomic E-state index is 0.127. The lowest BCUT2D eigenvalue weighted by Crippen LogP contribution is -2.09. The Labute approximate surface area is 139 Å². The van der Waals surface area contributed by atoms with Gasteiger partial charge in [-0.15, -0.1) is 0 Å². The highest BCUT2D eigenvalue weighted by Gasteiger charge is 2.09. The van der Waals surface area contributed by atoms with E-state index in [0.29, 0.717) is 6.54 Å². The molecule has 2 aromatic carbocycles. The second kappa shape index (κ2) is 5.69. The van der Waals surface area contributed by atoms with E-state index in [-0.39, 0.29) is 5.78 Å². The highest BCUT2D eigenvalue weighted by molar-refractivity contribution is 14.1. The Morgan fingerprint density at radius 1 is 1.10 bits per heavy atom. The molecule has 0 aliphatic heterocycles. The molecule has 4 heteroatoms. The van der Waals surface area contributed by atoms with Crippen molar-refractivity contribution in [2.45, 2.75) is 6.54 Å². The summed E-state index contributed by atoms with van der Waals surface area (Å²) in [6.45, 7) is 0.367. The molecule has 0 fully saturated rings. The number of halogens is 2. The van der Waals surface area contributed by atoms with E-state index in [4.69, 9.17) is 0 Å². The number of Topliss-reactive ketones (excluding diaryl/α,β-unsaturated/α-hetero) is 1. The fraction of sp³-hybridized carbons (Fsp3) is 0.0625. The van der Waals surface area contributed by atoms with Crippen molar-refractivity contribution in [1.29, 1.82) is 0 Å². The van der Waals surface area contributed by atoms with Crippen LogP contribution in [0.3, 0.4) is 0 Å². The monoisotopic (exact) mass is 439 g/mol. The van der Waals surface area contributed by atoms with Crippen molar-refractivity contribution in [2.24, 2.45) is 0 Å². The van der Waals surface area contributed by atoms with Gasteiger partial charge in [0, 0.05) is 30.7 Å². The van der Waals surface area contributed by atoms with Gasteiger partial charge in [0.15, 0.2) is 5.78 Å².